The smallest absolute Gasteiger partial charge is 0.272 e. The second-order valence-electron chi connectivity index (χ2n) is 5.16. The lowest BCUT2D eigenvalue weighted by molar-refractivity contribution is 0.278. The predicted octanol–water partition coefficient (Wildman–Crippen LogP) is 2.80. The van der Waals surface area contributed by atoms with E-state index in [-0.39, 0.29) is 28.3 Å². The summed E-state index contributed by atoms with van der Waals surface area (Å²) in [7, 11) is 0. The van der Waals surface area contributed by atoms with Crippen molar-refractivity contribution in [3.05, 3.63) is 28.0 Å². The topological polar surface area (TPSA) is 72.1 Å². The first-order valence-electron chi connectivity index (χ1n) is 7.30. The number of nitrogens with one attached hydrogen (secondary N) is 2. The summed E-state index contributed by atoms with van der Waals surface area (Å²) in [5, 5.41) is 15.6. The summed E-state index contributed by atoms with van der Waals surface area (Å²) in [5.41, 5.74) is 1.32. The van der Waals surface area contributed by atoms with Crippen molar-refractivity contribution < 1.29 is 5.11 Å². The predicted molar refractivity (Wildman–Crippen MR) is 91.6 cm³/mol. The van der Waals surface area contributed by atoms with Crippen LogP contribution in [-0.4, -0.2) is 39.8 Å². The Bertz CT molecular complexity index is 615. The van der Waals surface area contributed by atoms with Crippen LogP contribution in [0.1, 0.15) is 32.3 Å². The number of nitrogens with zero attached hydrogens (tertiary/aromatic N) is 1. The molecule has 1 aromatic heterocycles. The number of fused-ring (bicyclic) bond motifs is 1. The van der Waals surface area contributed by atoms with E-state index in [2.05, 4.69) is 28.9 Å². The number of H-pyrrole nitrogens is 2. The van der Waals surface area contributed by atoms with E-state index in [4.69, 9.17) is 0 Å². The van der Waals surface area contributed by atoms with Crippen molar-refractivity contribution in [2.24, 2.45) is 0 Å². The Morgan fingerprint density at radius 2 is 1.76 bits per heavy atom. The molecule has 0 spiro atoms. The quantitative estimate of drug-likeness (QED) is 0.713. The number of aromatic hydroxyl groups is 1. The van der Waals surface area contributed by atoms with Gasteiger partial charge in [-0.05, 0) is 44.0 Å². The Kier molecular flexibility index (Phi) is 6.98. The minimum atomic E-state index is -0.163. The highest BCUT2D eigenvalue weighted by molar-refractivity contribution is 8.93. The molecule has 3 N–H and O–H groups in total. The maximum atomic E-state index is 11.8. The zero-order valence-corrected chi connectivity index (χ0v) is 14.3. The minimum absolute atomic E-state index is 0. The van der Waals surface area contributed by atoms with Crippen LogP contribution in [0.2, 0.25) is 0 Å². The number of hydrogen-bond acceptors (Lipinski definition) is 3. The summed E-state index contributed by atoms with van der Waals surface area (Å²) in [4.78, 5) is 14.3. The van der Waals surface area contributed by atoms with Crippen LogP contribution in [0, 0.1) is 0 Å². The van der Waals surface area contributed by atoms with E-state index in [0.29, 0.717) is 10.9 Å². The van der Waals surface area contributed by atoms with E-state index in [1.54, 1.807) is 6.07 Å². The molecule has 0 aliphatic heterocycles. The number of phenols is 1. The zero-order chi connectivity index (χ0) is 14.5. The second-order valence-corrected chi connectivity index (χ2v) is 5.16. The number of halogens is 1. The summed E-state index contributed by atoms with van der Waals surface area (Å²) in [5.74, 6) is 0.112. The maximum Gasteiger partial charge on any atom is 0.272 e. The number of hydrogen-bond donors (Lipinski definition) is 3. The fourth-order valence-electron chi connectivity index (χ4n) is 2.66. The van der Waals surface area contributed by atoms with Gasteiger partial charge < -0.3 is 10.0 Å². The van der Waals surface area contributed by atoms with Gasteiger partial charge in [-0.15, -0.1) is 17.0 Å². The van der Waals surface area contributed by atoms with Crippen molar-refractivity contribution in [3.8, 4) is 5.75 Å². The fourth-order valence-corrected chi connectivity index (χ4v) is 2.66. The van der Waals surface area contributed by atoms with E-state index in [1.807, 2.05) is 6.07 Å². The van der Waals surface area contributed by atoms with Gasteiger partial charge in [0.05, 0.1) is 5.39 Å². The van der Waals surface area contributed by atoms with Gasteiger partial charge in [-0.25, -0.2) is 0 Å². The highest BCUT2D eigenvalue weighted by Gasteiger charge is 2.12. The average molecular weight is 358 g/mol. The van der Waals surface area contributed by atoms with Crippen LogP contribution in [-0.2, 0) is 6.42 Å². The van der Waals surface area contributed by atoms with Crippen LogP contribution in [0.5, 0.6) is 5.75 Å². The summed E-state index contributed by atoms with van der Waals surface area (Å²) in [6.45, 7) is 7.46. The van der Waals surface area contributed by atoms with Crippen molar-refractivity contribution >= 4 is 27.9 Å². The van der Waals surface area contributed by atoms with Crippen molar-refractivity contribution in [1.29, 1.82) is 0 Å². The molecule has 0 amide bonds. The third kappa shape index (κ3) is 4.11. The molecule has 1 heterocycles. The minimum Gasteiger partial charge on any atom is -0.506 e. The van der Waals surface area contributed by atoms with E-state index in [9.17, 15) is 9.90 Å². The van der Waals surface area contributed by atoms with Crippen LogP contribution in [0.4, 0.5) is 0 Å². The molecule has 5 nitrogen and oxygen atoms in total. The van der Waals surface area contributed by atoms with Gasteiger partial charge in [0, 0.05) is 6.54 Å². The van der Waals surface area contributed by atoms with Gasteiger partial charge in [-0.2, -0.15) is 0 Å². The summed E-state index contributed by atoms with van der Waals surface area (Å²) >= 11 is 0. The first-order chi connectivity index (χ1) is 9.67. The first kappa shape index (κ1) is 17.8. The van der Waals surface area contributed by atoms with Crippen LogP contribution < -0.4 is 5.56 Å². The highest BCUT2D eigenvalue weighted by Crippen LogP contribution is 2.23. The van der Waals surface area contributed by atoms with Gasteiger partial charge in [0.25, 0.3) is 5.56 Å². The largest absolute Gasteiger partial charge is 0.506 e. The highest BCUT2D eigenvalue weighted by atomic mass is 79.9. The molecule has 0 atom stereocenters. The van der Waals surface area contributed by atoms with Crippen molar-refractivity contribution in [2.75, 3.05) is 19.6 Å². The van der Waals surface area contributed by atoms with Gasteiger partial charge in [0.2, 0.25) is 0 Å². The molecule has 2 rings (SSSR count). The van der Waals surface area contributed by atoms with Crippen molar-refractivity contribution in [3.63, 3.8) is 0 Å². The molecule has 0 bridgehead atoms. The lowest BCUT2D eigenvalue weighted by Gasteiger charge is -2.20. The molecule has 21 heavy (non-hydrogen) atoms. The number of benzene rings is 1. The van der Waals surface area contributed by atoms with Crippen molar-refractivity contribution in [2.45, 2.75) is 33.1 Å². The third-order valence-electron chi connectivity index (χ3n) is 3.57. The van der Waals surface area contributed by atoms with Crippen molar-refractivity contribution in [1.82, 2.24) is 15.1 Å². The number of aromatic amines is 2. The Balaban J connectivity index is 0.00000220. The third-order valence-corrected chi connectivity index (χ3v) is 3.57. The molecule has 0 aliphatic rings. The molecule has 0 saturated carbocycles. The molecule has 6 heteroatoms. The van der Waals surface area contributed by atoms with E-state index < -0.39 is 0 Å². The summed E-state index contributed by atoms with van der Waals surface area (Å²) < 4.78 is 0. The molecule has 1 aromatic carbocycles. The molecule has 2 aromatic rings. The van der Waals surface area contributed by atoms with Gasteiger partial charge in [-0.3, -0.25) is 15.0 Å². The van der Waals surface area contributed by atoms with Gasteiger partial charge >= 0.3 is 0 Å². The summed E-state index contributed by atoms with van der Waals surface area (Å²) in [6, 6.07) is 3.49. The molecule has 0 fully saturated rings. The zero-order valence-electron chi connectivity index (χ0n) is 12.6. The van der Waals surface area contributed by atoms with E-state index in [0.717, 1.165) is 44.5 Å². The molecule has 0 radical (unpaired) electrons. The molecular weight excluding hydrogens is 334 g/mol. The van der Waals surface area contributed by atoms with E-state index in [1.165, 1.54) is 0 Å². The molecule has 118 valence electrons. The van der Waals surface area contributed by atoms with Crippen LogP contribution >= 0.6 is 17.0 Å². The Hall–Kier alpha value is -1.27. The van der Waals surface area contributed by atoms with Gasteiger partial charge in [0.1, 0.15) is 11.3 Å². The van der Waals surface area contributed by atoms with Gasteiger partial charge in [-0.1, -0.05) is 19.9 Å². The Morgan fingerprint density at radius 1 is 1.10 bits per heavy atom. The normalized spacial score (nSPS) is 11.0. The maximum absolute atomic E-state index is 11.8. The average Bonchev–Trinajstić information content (AvgIpc) is 2.82. The fraction of sp³-hybridized carbons (Fsp3) is 0.533. The number of aromatic nitrogens is 2. The van der Waals surface area contributed by atoms with Crippen LogP contribution in [0.25, 0.3) is 10.9 Å². The lowest BCUT2D eigenvalue weighted by Crippen LogP contribution is -2.28. The second kappa shape index (κ2) is 8.24. The Labute approximate surface area is 135 Å². The standard InChI is InChI=1S/C15H23N3O2.BrH/c1-3-8-18(9-4-2)10-7-11-5-6-12(19)14-13(11)15(20)17-16-14;/h5-6,19H,3-4,7-10H2,1-2H3,(H2,16,17,20);1H. The van der Waals surface area contributed by atoms with Crippen LogP contribution in [0.15, 0.2) is 16.9 Å². The molecule has 0 saturated heterocycles. The first-order valence-corrected chi connectivity index (χ1v) is 7.30. The molecule has 0 unspecified atom stereocenters. The summed E-state index contributed by atoms with van der Waals surface area (Å²) in [6.07, 6.45) is 3.09. The Morgan fingerprint density at radius 3 is 2.38 bits per heavy atom. The SMILES string of the molecule is Br.CCCN(CCC)CCc1ccc(O)c2[nH][nH]c(=O)c12. The lowest BCUT2D eigenvalue weighted by atomic mass is 10.1. The molecular formula is C15H24BrN3O2. The monoisotopic (exact) mass is 357 g/mol. The molecule has 0 aliphatic carbocycles. The van der Waals surface area contributed by atoms with Gasteiger partial charge in [0.15, 0.2) is 0 Å². The number of rotatable bonds is 7. The van der Waals surface area contributed by atoms with E-state index >= 15 is 0 Å². The number of phenolic OH excluding ortho intramolecular Hbond substituents is 1. The van der Waals surface area contributed by atoms with Crippen LogP contribution in [0.3, 0.4) is 0 Å².